The smallest absolute Gasteiger partial charge is 0.306 e. The van der Waals surface area contributed by atoms with Gasteiger partial charge in [-0.15, -0.1) is 0 Å². The topological polar surface area (TPSA) is 86.8 Å². The molecule has 0 radical (unpaired) electrons. The molecule has 1 aliphatic rings. The number of hydrogen-bond donors (Lipinski definition) is 1. The summed E-state index contributed by atoms with van der Waals surface area (Å²) in [5, 5.41) is 1.10. The van der Waals surface area contributed by atoms with Crippen molar-refractivity contribution in [3.63, 3.8) is 0 Å². The van der Waals surface area contributed by atoms with Gasteiger partial charge in [0.25, 0.3) is 0 Å². The molecular formula is C27H39N3O3. The molecule has 33 heavy (non-hydrogen) atoms. The van der Waals surface area contributed by atoms with E-state index in [1.54, 1.807) is 0 Å². The highest BCUT2D eigenvalue weighted by atomic mass is 16.6. The second-order valence-corrected chi connectivity index (χ2v) is 9.66. The molecule has 3 rings (SSSR count). The molecule has 1 aliphatic heterocycles. The minimum Gasteiger partial charge on any atom is -0.460 e. The maximum atomic E-state index is 12.4. The zero-order chi connectivity index (χ0) is 23.8. The number of hydrogen-bond acceptors (Lipinski definition) is 6. The first-order valence-corrected chi connectivity index (χ1v) is 12.4. The number of ether oxygens (including phenoxy) is 2. The number of aromatic nitrogens is 1. The Bertz CT molecular complexity index is 984. The van der Waals surface area contributed by atoms with E-state index in [1.807, 2.05) is 39.0 Å². The van der Waals surface area contributed by atoms with Crippen LogP contribution < -0.4 is 5.73 Å². The molecule has 0 amide bonds. The largest absolute Gasteiger partial charge is 0.460 e. The highest BCUT2D eigenvalue weighted by Gasteiger charge is 2.29. The number of para-hydroxylation sites is 1. The van der Waals surface area contributed by atoms with E-state index in [4.69, 9.17) is 20.2 Å². The first-order valence-electron chi connectivity index (χ1n) is 12.4. The maximum absolute atomic E-state index is 12.4. The van der Waals surface area contributed by atoms with Crippen molar-refractivity contribution in [2.45, 2.75) is 84.7 Å². The number of carbonyl (C=O) groups is 1. The quantitative estimate of drug-likeness (QED) is 0.343. The fourth-order valence-corrected chi connectivity index (χ4v) is 4.76. The van der Waals surface area contributed by atoms with Crippen LogP contribution in [0.2, 0.25) is 0 Å². The average molecular weight is 454 g/mol. The van der Waals surface area contributed by atoms with Crippen LogP contribution in [0.25, 0.3) is 10.9 Å². The van der Waals surface area contributed by atoms with Gasteiger partial charge in [-0.2, -0.15) is 0 Å². The van der Waals surface area contributed by atoms with Gasteiger partial charge in [0.15, 0.2) is 0 Å². The number of fused-ring (bicyclic) bond motifs is 3. The molecule has 0 spiro atoms. The number of aliphatic imine (C=N–C) groups is 1. The molecule has 1 aromatic heterocycles. The van der Waals surface area contributed by atoms with E-state index >= 15 is 0 Å². The number of nitrogens with zero attached hydrogens (tertiary/aromatic N) is 2. The van der Waals surface area contributed by atoms with Crippen LogP contribution in [0, 0.1) is 5.92 Å². The Morgan fingerprint density at radius 2 is 2.00 bits per heavy atom. The molecule has 1 atom stereocenters. The molecule has 2 N–H and O–H groups in total. The van der Waals surface area contributed by atoms with Crippen molar-refractivity contribution in [2.75, 3.05) is 18.9 Å². The van der Waals surface area contributed by atoms with Crippen LogP contribution in [0.3, 0.4) is 0 Å². The van der Waals surface area contributed by atoms with Gasteiger partial charge in [-0.1, -0.05) is 38.0 Å². The minimum absolute atomic E-state index is 0.0994. The first kappa shape index (κ1) is 25.2. The van der Waals surface area contributed by atoms with E-state index in [2.05, 4.69) is 18.0 Å². The van der Waals surface area contributed by atoms with Gasteiger partial charge in [0.2, 0.25) is 0 Å². The van der Waals surface area contributed by atoms with E-state index in [0.29, 0.717) is 31.4 Å². The van der Waals surface area contributed by atoms with Crippen molar-refractivity contribution < 1.29 is 14.3 Å². The second kappa shape index (κ2) is 11.6. The summed E-state index contributed by atoms with van der Waals surface area (Å²) < 4.78 is 11.6. The lowest BCUT2D eigenvalue weighted by Gasteiger charge is -2.31. The van der Waals surface area contributed by atoms with Crippen molar-refractivity contribution in [2.24, 2.45) is 10.9 Å². The fraction of sp³-hybridized carbons (Fsp3) is 0.593. The predicted molar refractivity (Wildman–Crippen MR) is 135 cm³/mol. The fourth-order valence-electron chi connectivity index (χ4n) is 4.76. The molecular weight excluding hydrogens is 414 g/mol. The Kier molecular flexibility index (Phi) is 8.84. The molecule has 180 valence electrons. The van der Waals surface area contributed by atoms with Gasteiger partial charge in [-0.3, -0.25) is 9.79 Å². The van der Waals surface area contributed by atoms with Crippen LogP contribution in [0.5, 0.6) is 0 Å². The van der Waals surface area contributed by atoms with Gasteiger partial charge in [-0.25, -0.2) is 4.98 Å². The number of aryl methyl sites for hydroxylation is 1. The summed E-state index contributed by atoms with van der Waals surface area (Å²) in [7, 11) is 0. The molecule has 2 heterocycles. The van der Waals surface area contributed by atoms with Crippen molar-refractivity contribution in [1.29, 1.82) is 0 Å². The number of unbranched alkanes of at least 4 members (excludes halogenated alkanes) is 2. The van der Waals surface area contributed by atoms with Crippen LogP contribution in [-0.2, 0) is 20.7 Å². The molecule has 0 saturated carbocycles. The summed E-state index contributed by atoms with van der Waals surface area (Å²) in [5.41, 5.74) is 9.61. The number of nitrogens with two attached hydrogens (primary N) is 1. The van der Waals surface area contributed by atoms with Gasteiger partial charge in [-0.05, 0) is 70.4 Å². The number of esters is 1. The highest BCUT2D eigenvalue weighted by Crippen LogP contribution is 2.38. The molecule has 0 fully saturated rings. The van der Waals surface area contributed by atoms with Gasteiger partial charge in [0.1, 0.15) is 17.1 Å². The standard InChI is InChI=1S/C27H39N3O3/c1-5-7-8-13-24(31)33-27(3,4)17-19-14-15-22-21-11-9-10-12-23(21)30-26(28)25(22)29-20(16-19)18-32-6-2/h9-12,19H,5-8,13-18H2,1-4H3,(H2,28,30)/b29-20+. The minimum atomic E-state index is -0.522. The monoisotopic (exact) mass is 453 g/mol. The SMILES string of the molecule is CCCCCC(=O)OC(C)(C)CC1CCc2c(c(N)nc3ccccc23)/N=C(/COCC)C1. The van der Waals surface area contributed by atoms with Gasteiger partial charge in [0, 0.05) is 24.1 Å². The third-order valence-electron chi connectivity index (χ3n) is 6.22. The molecule has 1 aromatic carbocycles. The number of rotatable bonds is 10. The number of anilines is 1. The Morgan fingerprint density at radius 3 is 2.76 bits per heavy atom. The van der Waals surface area contributed by atoms with E-state index in [9.17, 15) is 4.79 Å². The summed E-state index contributed by atoms with van der Waals surface area (Å²) in [6, 6.07) is 8.10. The van der Waals surface area contributed by atoms with Crippen LogP contribution >= 0.6 is 0 Å². The van der Waals surface area contributed by atoms with Gasteiger partial charge < -0.3 is 15.2 Å². The lowest BCUT2D eigenvalue weighted by Crippen LogP contribution is -2.32. The normalized spacial score (nSPS) is 18.2. The van der Waals surface area contributed by atoms with Crippen molar-refractivity contribution >= 4 is 34.1 Å². The second-order valence-electron chi connectivity index (χ2n) is 9.66. The van der Waals surface area contributed by atoms with Crippen molar-refractivity contribution in [3.8, 4) is 0 Å². The van der Waals surface area contributed by atoms with Gasteiger partial charge >= 0.3 is 5.97 Å². The Balaban J connectivity index is 1.83. The number of pyridine rings is 1. The van der Waals surface area contributed by atoms with Crippen molar-refractivity contribution in [1.82, 2.24) is 4.98 Å². The molecule has 0 aliphatic carbocycles. The number of carbonyl (C=O) groups excluding carboxylic acids is 1. The summed E-state index contributed by atoms with van der Waals surface area (Å²) >= 11 is 0. The highest BCUT2D eigenvalue weighted by molar-refractivity contribution is 5.95. The zero-order valence-corrected chi connectivity index (χ0v) is 20.7. The van der Waals surface area contributed by atoms with Gasteiger partial charge in [0.05, 0.1) is 12.1 Å². The summed E-state index contributed by atoms with van der Waals surface area (Å²) in [5.74, 6) is 0.694. The lowest BCUT2D eigenvalue weighted by molar-refractivity contribution is -0.158. The summed E-state index contributed by atoms with van der Waals surface area (Å²) in [6.07, 6.45) is 6.93. The van der Waals surface area contributed by atoms with E-state index < -0.39 is 5.60 Å². The van der Waals surface area contributed by atoms with Crippen molar-refractivity contribution in [3.05, 3.63) is 29.8 Å². The third kappa shape index (κ3) is 7.00. The number of nitrogen functional groups attached to an aromatic ring is 1. The maximum Gasteiger partial charge on any atom is 0.306 e. The van der Waals surface area contributed by atoms with Crippen LogP contribution in [0.1, 0.15) is 78.2 Å². The summed E-state index contributed by atoms with van der Waals surface area (Å²) in [4.78, 5) is 21.9. The third-order valence-corrected chi connectivity index (χ3v) is 6.22. The Hall–Kier alpha value is -2.47. The first-order chi connectivity index (χ1) is 15.8. The Labute approximate surface area is 198 Å². The van der Waals surface area contributed by atoms with Crippen LogP contribution in [-0.4, -0.2) is 35.5 Å². The average Bonchev–Trinajstić information content (AvgIpc) is 2.74. The van der Waals surface area contributed by atoms with E-state index in [0.717, 1.165) is 72.8 Å². The molecule has 0 bridgehead atoms. The molecule has 6 heteroatoms. The van der Waals surface area contributed by atoms with Crippen LogP contribution in [0.4, 0.5) is 11.5 Å². The summed E-state index contributed by atoms with van der Waals surface area (Å²) in [6.45, 7) is 9.26. The zero-order valence-electron chi connectivity index (χ0n) is 20.7. The predicted octanol–water partition coefficient (Wildman–Crippen LogP) is 6.17. The Morgan fingerprint density at radius 1 is 1.21 bits per heavy atom. The molecule has 2 aromatic rings. The molecule has 1 unspecified atom stereocenters. The van der Waals surface area contributed by atoms with E-state index in [-0.39, 0.29) is 5.97 Å². The number of benzene rings is 1. The molecule has 0 saturated heterocycles. The molecule has 6 nitrogen and oxygen atoms in total. The van der Waals surface area contributed by atoms with Crippen LogP contribution in [0.15, 0.2) is 29.3 Å². The van der Waals surface area contributed by atoms with E-state index in [1.165, 1.54) is 0 Å². The lowest BCUT2D eigenvalue weighted by atomic mass is 9.83.